The Hall–Kier alpha value is -1.50. The number of alkyl halides is 3. The molecule has 1 fully saturated rings. The topological polar surface area (TPSA) is 40.5 Å². The van der Waals surface area contributed by atoms with Crippen molar-refractivity contribution >= 4 is 13.8 Å². The minimum absolute atomic E-state index is 0.0127. The minimum atomic E-state index is -4.54. The number of carboxylic acids is 1. The number of aliphatic carboxylic acids is 1. The summed E-state index contributed by atoms with van der Waals surface area (Å²) in [6.45, 7) is 2.03. The molecule has 0 aromatic heterocycles. The summed E-state index contributed by atoms with van der Waals surface area (Å²) < 4.78 is 39.5. The molecule has 0 spiro atoms. The Morgan fingerprint density at radius 2 is 2.17 bits per heavy atom. The van der Waals surface area contributed by atoms with Gasteiger partial charge in [0.2, 0.25) is 0 Å². The number of carbonyl (C=O) groups is 1. The Balaban J connectivity index is 2.03. The number of hydrogen-bond acceptors (Lipinski definition) is 2. The van der Waals surface area contributed by atoms with E-state index in [0.717, 1.165) is 25.1 Å². The second-order valence-electron chi connectivity index (χ2n) is 6.08. The van der Waals surface area contributed by atoms with Crippen LogP contribution in [-0.4, -0.2) is 49.6 Å². The molecule has 7 heteroatoms. The third-order valence-corrected chi connectivity index (χ3v) is 4.28. The number of carboxylic acid groups (broad SMARTS) is 1. The third kappa shape index (κ3) is 4.50. The summed E-state index contributed by atoms with van der Waals surface area (Å²) in [6.07, 6.45) is 3.53. The molecule has 1 N–H and O–H groups in total. The van der Waals surface area contributed by atoms with E-state index in [1.807, 2.05) is 0 Å². The first-order chi connectivity index (χ1) is 10.7. The van der Waals surface area contributed by atoms with E-state index < -0.39 is 17.5 Å². The van der Waals surface area contributed by atoms with Gasteiger partial charge >= 0.3 is 12.1 Å². The molecule has 2 unspecified atom stereocenters. The average Bonchev–Trinajstić information content (AvgIpc) is 2.80. The van der Waals surface area contributed by atoms with Gasteiger partial charge < -0.3 is 10.0 Å². The van der Waals surface area contributed by atoms with Gasteiger partial charge in [-0.3, -0.25) is 4.79 Å². The molecule has 1 aliphatic carbocycles. The van der Waals surface area contributed by atoms with Crippen molar-refractivity contribution in [3.8, 4) is 0 Å². The van der Waals surface area contributed by atoms with Gasteiger partial charge in [-0.2, -0.15) is 13.2 Å². The standard InChI is InChI=1S/C16H19BF3NO2/c17-15(16(18,19)20)7-2-1-4-12(10-15)13-6-9-21(11-13)8-3-5-14(22)23/h1-2,4,7,10,13H,3,5-6,8-9,11H2,(H,22,23). The van der Waals surface area contributed by atoms with Crippen molar-refractivity contribution in [2.75, 3.05) is 19.6 Å². The number of hydrogen-bond donors (Lipinski definition) is 1. The lowest BCUT2D eigenvalue weighted by Gasteiger charge is -2.27. The highest BCUT2D eigenvalue weighted by Crippen LogP contribution is 2.47. The fourth-order valence-corrected chi connectivity index (χ4v) is 2.95. The van der Waals surface area contributed by atoms with Crippen LogP contribution >= 0.6 is 0 Å². The van der Waals surface area contributed by atoms with Crippen molar-refractivity contribution in [1.29, 1.82) is 0 Å². The van der Waals surface area contributed by atoms with E-state index in [-0.39, 0.29) is 12.3 Å². The van der Waals surface area contributed by atoms with Crippen molar-refractivity contribution in [1.82, 2.24) is 4.90 Å². The van der Waals surface area contributed by atoms with Gasteiger partial charge in [0.05, 0.1) is 13.2 Å². The van der Waals surface area contributed by atoms with Gasteiger partial charge in [0.15, 0.2) is 0 Å². The van der Waals surface area contributed by atoms with E-state index in [0.29, 0.717) is 25.1 Å². The number of rotatable bonds is 5. The highest BCUT2D eigenvalue weighted by molar-refractivity contribution is 6.19. The summed E-state index contributed by atoms with van der Waals surface area (Å²) in [5.41, 5.74) is 0.593. The second kappa shape index (κ2) is 6.95. The summed E-state index contributed by atoms with van der Waals surface area (Å²) in [4.78, 5) is 12.6. The first-order valence-corrected chi connectivity index (χ1v) is 7.60. The van der Waals surface area contributed by atoms with E-state index >= 15 is 0 Å². The Morgan fingerprint density at radius 3 is 2.83 bits per heavy atom. The normalized spacial score (nSPS) is 28.7. The van der Waals surface area contributed by atoms with Crippen LogP contribution in [0.4, 0.5) is 13.2 Å². The van der Waals surface area contributed by atoms with Crippen LogP contribution in [0.25, 0.3) is 0 Å². The Labute approximate surface area is 134 Å². The van der Waals surface area contributed by atoms with Crippen LogP contribution in [0.5, 0.6) is 0 Å². The number of allylic oxidation sites excluding steroid dienone is 5. The number of likely N-dealkylation sites (tertiary alicyclic amines) is 1. The highest BCUT2D eigenvalue weighted by Gasteiger charge is 2.47. The maximum atomic E-state index is 13.2. The van der Waals surface area contributed by atoms with Crippen LogP contribution in [0, 0.1) is 5.92 Å². The van der Waals surface area contributed by atoms with Gasteiger partial charge in [-0.05, 0) is 37.4 Å². The van der Waals surface area contributed by atoms with Crippen molar-refractivity contribution in [2.45, 2.75) is 30.8 Å². The summed E-state index contributed by atoms with van der Waals surface area (Å²) >= 11 is 0. The lowest BCUT2D eigenvalue weighted by molar-refractivity contribution is -0.142. The predicted octanol–water partition coefficient (Wildman–Crippen LogP) is 3.12. The third-order valence-electron chi connectivity index (χ3n) is 4.28. The molecule has 0 aromatic carbocycles. The van der Waals surface area contributed by atoms with E-state index in [2.05, 4.69) is 4.90 Å². The maximum absolute atomic E-state index is 13.2. The summed E-state index contributed by atoms with van der Waals surface area (Å²) in [5.74, 6) is -0.847. The van der Waals surface area contributed by atoms with Crippen molar-refractivity contribution in [3.63, 3.8) is 0 Å². The number of nitrogens with zero attached hydrogens (tertiary/aromatic N) is 1. The molecule has 1 heterocycles. The first kappa shape index (κ1) is 17.9. The van der Waals surface area contributed by atoms with Crippen molar-refractivity contribution in [3.05, 3.63) is 36.0 Å². The largest absolute Gasteiger partial charge is 0.481 e. The summed E-state index contributed by atoms with van der Waals surface area (Å²) in [5, 5.41) is 6.20. The molecule has 23 heavy (non-hydrogen) atoms. The quantitative estimate of drug-likeness (QED) is 0.790. The van der Waals surface area contributed by atoms with Gasteiger partial charge in [-0.1, -0.05) is 30.4 Å². The van der Waals surface area contributed by atoms with Gasteiger partial charge in [-0.25, -0.2) is 0 Å². The molecule has 0 aromatic rings. The average molecular weight is 325 g/mol. The molecule has 2 rings (SSSR count). The van der Waals surface area contributed by atoms with E-state index in [1.54, 1.807) is 12.2 Å². The van der Waals surface area contributed by atoms with Crippen LogP contribution in [0.2, 0.25) is 5.31 Å². The SMILES string of the molecule is [B]C1(C(F)(F)F)C=CC=CC(C2CCN(CCCC(=O)O)C2)=C1. The highest BCUT2D eigenvalue weighted by atomic mass is 19.4. The van der Waals surface area contributed by atoms with Gasteiger partial charge in [0, 0.05) is 13.0 Å². The fourth-order valence-electron chi connectivity index (χ4n) is 2.95. The van der Waals surface area contributed by atoms with Gasteiger partial charge in [-0.15, -0.1) is 0 Å². The predicted molar refractivity (Wildman–Crippen MR) is 82.3 cm³/mol. The fraction of sp³-hybridized carbons (Fsp3) is 0.562. The monoisotopic (exact) mass is 325 g/mol. The zero-order chi connectivity index (χ0) is 17.1. The molecular formula is C16H19BF3NO2. The van der Waals surface area contributed by atoms with Gasteiger partial charge in [0.25, 0.3) is 0 Å². The smallest absolute Gasteiger partial charge is 0.393 e. The molecule has 0 bridgehead atoms. The van der Waals surface area contributed by atoms with Crippen LogP contribution in [-0.2, 0) is 4.79 Å². The molecule has 0 saturated carbocycles. The molecule has 0 amide bonds. The van der Waals surface area contributed by atoms with E-state index in [1.165, 1.54) is 6.08 Å². The Kier molecular flexibility index (Phi) is 5.39. The molecule has 1 aliphatic heterocycles. The zero-order valence-electron chi connectivity index (χ0n) is 12.7. The first-order valence-electron chi connectivity index (χ1n) is 7.60. The second-order valence-corrected chi connectivity index (χ2v) is 6.08. The lowest BCUT2D eigenvalue weighted by atomic mass is 9.66. The maximum Gasteiger partial charge on any atom is 0.393 e. The lowest BCUT2D eigenvalue weighted by Crippen LogP contribution is -2.29. The Bertz CT molecular complexity index is 542. The van der Waals surface area contributed by atoms with Gasteiger partial charge in [0.1, 0.15) is 0 Å². The van der Waals surface area contributed by atoms with Crippen LogP contribution in [0.1, 0.15) is 19.3 Å². The molecule has 1 saturated heterocycles. The van der Waals surface area contributed by atoms with E-state index in [9.17, 15) is 18.0 Å². The Morgan fingerprint density at radius 1 is 1.43 bits per heavy atom. The molecular weight excluding hydrogens is 306 g/mol. The van der Waals surface area contributed by atoms with Crippen molar-refractivity contribution in [2.24, 2.45) is 5.92 Å². The summed E-state index contributed by atoms with van der Waals surface area (Å²) in [7, 11) is 5.54. The minimum Gasteiger partial charge on any atom is -0.481 e. The van der Waals surface area contributed by atoms with Crippen LogP contribution < -0.4 is 0 Å². The molecule has 2 radical (unpaired) electrons. The zero-order valence-corrected chi connectivity index (χ0v) is 12.7. The van der Waals surface area contributed by atoms with Crippen LogP contribution in [0.15, 0.2) is 36.0 Å². The number of halogens is 3. The molecule has 124 valence electrons. The van der Waals surface area contributed by atoms with Crippen molar-refractivity contribution < 1.29 is 23.1 Å². The molecule has 2 atom stereocenters. The molecule has 2 aliphatic rings. The summed E-state index contributed by atoms with van der Waals surface area (Å²) in [6, 6.07) is 0. The van der Waals surface area contributed by atoms with E-state index in [4.69, 9.17) is 13.0 Å². The molecule has 3 nitrogen and oxygen atoms in total. The van der Waals surface area contributed by atoms with Crippen LogP contribution in [0.3, 0.4) is 0 Å².